The van der Waals surface area contributed by atoms with Crippen LogP contribution < -0.4 is 11.1 Å². The fourth-order valence-corrected chi connectivity index (χ4v) is 5.49. The zero-order valence-electron chi connectivity index (χ0n) is 15.4. The molecular weight excluding hydrogens is 320 g/mol. The Morgan fingerprint density at radius 2 is 1.48 bits per heavy atom. The van der Waals surface area contributed by atoms with E-state index < -0.39 is 24.0 Å². The standard InChI is InChI=1S/C19H30N2O4/c1-10(2)15(17(23)25-11(3)16(20)22)21-18(24)19-7-12-4-13(8-19)6-14(5-12)9-19/h10-15H,4-9H2,1-3H3,(H2,20,22)(H,21,24)/t11-,12?,13?,14?,15-,19?/m0/s1. The second kappa shape index (κ2) is 6.61. The van der Waals surface area contributed by atoms with Crippen molar-refractivity contribution in [2.24, 2.45) is 34.8 Å². The first-order valence-corrected chi connectivity index (χ1v) is 9.51. The molecule has 0 aromatic carbocycles. The molecular formula is C19H30N2O4. The van der Waals surface area contributed by atoms with Crippen LogP contribution in [-0.2, 0) is 19.1 Å². The van der Waals surface area contributed by atoms with Crippen molar-refractivity contribution < 1.29 is 19.1 Å². The second-order valence-corrected chi connectivity index (χ2v) is 8.87. The first kappa shape index (κ1) is 18.2. The summed E-state index contributed by atoms with van der Waals surface area (Å²) in [6.07, 6.45) is 5.63. The van der Waals surface area contributed by atoms with Gasteiger partial charge in [0.25, 0.3) is 5.91 Å². The minimum atomic E-state index is -0.995. The minimum Gasteiger partial charge on any atom is -0.451 e. The Balaban J connectivity index is 1.69. The Labute approximate surface area is 149 Å². The number of ether oxygens (including phenoxy) is 1. The maximum Gasteiger partial charge on any atom is 0.329 e. The normalized spacial score (nSPS) is 35.3. The molecule has 0 spiro atoms. The molecule has 140 valence electrons. The SMILES string of the molecule is CC(C)[C@H](NC(=O)C12CC3CC(CC(C3)C1)C2)C(=O)O[C@@H](C)C(N)=O. The topological polar surface area (TPSA) is 98.5 Å². The van der Waals surface area contributed by atoms with Crippen molar-refractivity contribution in [3.8, 4) is 0 Å². The van der Waals surface area contributed by atoms with E-state index in [1.54, 1.807) is 0 Å². The molecule has 3 N–H and O–H groups in total. The molecule has 4 aliphatic carbocycles. The van der Waals surface area contributed by atoms with Crippen molar-refractivity contribution >= 4 is 17.8 Å². The van der Waals surface area contributed by atoms with E-state index in [2.05, 4.69) is 5.32 Å². The van der Waals surface area contributed by atoms with Gasteiger partial charge < -0.3 is 15.8 Å². The number of hydrogen-bond donors (Lipinski definition) is 2. The predicted octanol–water partition coefficient (Wildman–Crippen LogP) is 1.76. The van der Waals surface area contributed by atoms with Gasteiger partial charge in [-0.05, 0) is 69.1 Å². The van der Waals surface area contributed by atoms with E-state index in [9.17, 15) is 14.4 Å². The number of hydrogen-bond acceptors (Lipinski definition) is 4. The number of nitrogens with one attached hydrogen (secondary N) is 1. The summed E-state index contributed by atoms with van der Waals surface area (Å²) in [7, 11) is 0. The summed E-state index contributed by atoms with van der Waals surface area (Å²) in [6.45, 7) is 5.17. The molecule has 0 aromatic rings. The summed E-state index contributed by atoms with van der Waals surface area (Å²) in [6, 6.07) is -0.748. The average molecular weight is 350 g/mol. The van der Waals surface area contributed by atoms with Crippen LogP contribution >= 0.6 is 0 Å². The van der Waals surface area contributed by atoms with Gasteiger partial charge in [-0.3, -0.25) is 9.59 Å². The van der Waals surface area contributed by atoms with Crippen molar-refractivity contribution in [2.75, 3.05) is 0 Å². The maximum absolute atomic E-state index is 13.1. The Hall–Kier alpha value is -1.59. The van der Waals surface area contributed by atoms with Gasteiger partial charge in [0.15, 0.2) is 6.10 Å². The number of carbonyl (C=O) groups excluding carboxylic acids is 3. The third kappa shape index (κ3) is 3.53. The molecule has 0 aromatic heterocycles. The van der Waals surface area contributed by atoms with Gasteiger partial charge in [0.2, 0.25) is 5.91 Å². The molecule has 0 unspecified atom stereocenters. The molecule has 4 aliphatic rings. The second-order valence-electron chi connectivity index (χ2n) is 8.87. The highest BCUT2D eigenvalue weighted by molar-refractivity contribution is 5.89. The fraction of sp³-hybridized carbons (Fsp3) is 0.842. The van der Waals surface area contributed by atoms with Crippen molar-refractivity contribution in [3.63, 3.8) is 0 Å². The third-order valence-electron chi connectivity index (χ3n) is 6.42. The Kier molecular flexibility index (Phi) is 4.82. The van der Waals surface area contributed by atoms with Gasteiger partial charge in [0.1, 0.15) is 6.04 Å². The van der Waals surface area contributed by atoms with Gasteiger partial charge >= 0.3 is 5.97 Å². The van der Waals surface area contributed by atoms with E-state index >= 15 is 0 Å². The number of primary amides is 1. The molecule has 25 heavy (non-hydrogen) atoms. The molecule has 0 saturated heterocycles. The molecule has 4 rings (SSSR count). The van der Waals surface area contributed by atoms with E-state index in [1.807, 2.05) is 13.8 Å². The lowest BCUT2D eigenvalue weighted by Gasteiger charge is -2.55. The van der Waals surface area contributed by atoms with E-state index in [0.29, 0.717) is 17.8 Å². The quantitative estimate of drug-likeness (QED) is 0.713. The highest BCUT2D eigenvalue weighted by Crippen LogP contribution is 2.60. The summed E-state index contributed by atoms with van der Waals surface area (Å²) < 4.78 is 5.13. The van der Waals surface area contributed by atoms with Gasteiger partial charge in [-0.25, -0.2) is 4.79 Å². The largest absolute Gasteiger partial charge is 0.451 e. The van der Waals surface area contributed by atoms with Crippen LogP contribution in [-0.4, -0.2) is 29.9 Å². The van der Waals surface area contributed by atoms with Crippen LogP contribution in [0.25, 0.3) is 0 Å². The van der Waals surface area contributed by atoms with Crippen molar-refractivity contribution in [3.05, 3.63) is 0 Å². The summed E-state index contributed by atoms with van der Waals surface area (Å²) in [5.41, 5.74) is 4.85. The van der Waals surface area contributed by atoms with Gasteiger partial charge in [-0.15, -0.1) is 0 Å². The fourth-order valence-electron chi connectivity index (χ4n) is 5.49. The predicted molar refractivity (Wildman–Crippen MR) is 92.1 cm³/mol. The van der Waals surface area contributed by atoms with Gasteiger partial charge in [0.05, 0.1) is 0 Å². The van der Waals surface area contributed by atoms with Gasteiger partial charge in [0, 0.05) is 5.41 Å². The molecule has 4 fully saturated rings. The van der Waals surface area contributed by atoms with Crippen molar-refractivity contribution in [1.29, 1.82) is 0 Å². The monoisotopic (exact) mass is 350 g/mol. The summed E-state index contributed by atoms with van der Waals surface area (Å²) in [5.74, 6) is 0.589. The number of nitrogens with two attached hydrogens (primary N) is 1. The van der Waals surface area contributed by atoms with Crippen LogP contribution in [0.1, 0.15) is 59.3 Å². The summed E-state index contributed by atoms with van der Waals surface area (Å²) in [4.78, 5) is 36.7. The van der Waals surface area contributed by atoms with E-state index in [0.717, 1.165) is 19.3 Å². The molecule has 4 saturated carbocycles. The lowest BCUT2D eigenvalue weighted by molar-refractivity contribution is -0.160. The third-order valence-corrected chi connectivity index (χ3v) is 6.42. The summed E-state index contributed by atoms with van der Waals surface area (Å²) in [5, 5.41) is 2.95. The van der Waals surface area contributed by atoms with Crippen LogP contribution in [0.5, 0.6) is 0 Å². The number of rotatable bonds is 6. The first-order valence-electron chi connectivity index (χ1n) is 9.51. The van der Waals surface area contributed by atoms with Crippen LogP contribution in [0.2, 0.25) is 0 Å². The molecule has 0 aliphatic heterocycles. The van der Waals surface area contributed by atoms with E-state index in [4.69, 9.17) is 10.5 Å². The highest BCUT2D eigenvalue weighted by Gasteiger charge is 2.55. The van der Waals surface area contributed by atoms with Gasteiger partial charge in [-0.2, -0.15) is 0 Å². The van der Waals surface area contributed by atoms with Crippen LogP contribution in [0.4, 0.5) is 0 Å². The Morgan fingerprint density at radius 1 is 1.00 bits per heavy atom. The molecule has 4 bridgehead atoms. The zero-order valence-corrected chi connectivity index (χ0v) is 15.4. The average Bonchev–Trinajstić information content (AvgIpc) is 2.50. The van der Waals surface area contributed by atoms with E-state index in [-0.39, 0.29) is 17.2 Å². The zero-order chi connectivity index (χ0) is 18.4. The maximum atomic E-state index is 13.1. The lowest BCUT2D eigenvalue weighted by atomic mass is 9.49. The molecule has 2 atom stereocenters. The lowest BCUT2D eigenvalue weighted by Crippen LogP contribution is -2.57. The highest BCUT2D eigenvalue weighted by atomic mass is 16.5. The molecule has 0 heterocycles. The Morgan fingerprint density at radius 3 is 1.88 bits per heavy atom. The molecule has 6 nitrogen and oxygen atoms in total. The smallest absolute Gasteiger partial charge is 0.329 e. The number of amides is 2. The first-order chi connectivity index (χ1) is 11.7. The van der Waals surface area contributed by atoms with Crippen molar-refractivity contribution in [2.45, 2.75) is 71.4 Å². The van der Waals surface area contributed by atoms with E-state index in [1.165, 1.54) is 26.2 Å². The van der Waals surface area contributed by atoms with Crippen LogP contribution in [0.15, 0.2) is 0 Å². The van der Waals surface area contributed by atoms with Crippen molar-refractivity contribution in [1.82, 2.24) is 5.32 Å². The number of carbonyl (C=O) groups is 3. The van der Waals surface area contributed by atoms with Gasteiger partial charge in [-0.1, -0.05) is 13.8 Å². The number of esters is 1. The summed E-state index contributed by atoms with van der Waals surface area (Å²) >= 11 is 0. The van der Waals surface area contributed by atoms with Crippen LogP contribution in [0.3, 0.4) is 0 Å². The molecule has 0 radical (unpaired) electrons. The molecule has 6 heteroatoms. The minimum absolute atomic E-state index is 0.00558. The Bertz CT molecular complexity index is 536. The van der Waals surface area contributed by atoms with Crippen LogP contribution in [0, 0.1) is 29.1 Å². The molecule has 2 amide bonds.